The largest absolute Gasteiger partial charge is 0.493 e. The summed E-state index contributed by atoms with van der Waals surface area (Å²) in [4.78, 5) is 6.45. The molecule has 0 N–H and O–H groups in total. The zero-order valence-electron chi connectivity index (χ0n) is 9.81. The summed E-state index contributed by atoms with van der Waals surface area (Å²) in [7, 11) is 1.43. The third-order valence-electron chi connectivity index (χ3n) is 2.17. The SMILES string of the molecule is COc1ccccc1Oc1ccnc(C(F)(F)F)n1. The molecule has 0 amide bonds. The molecule has 2 rings (SSSR count). The first-order valence-electron chi connectivity index (χ1n) is 5.22. The maximum absolute atomic E-state index is 12.4. The van der Waals surface area contributed by atoms with E-state index in [0.717, 1.165) is 6.20 Å². The Kier molecular flexibility index (Phi) is 3.55. The Bertz CT molecular complexity index is 573. The van der Waals surface area contributed by atoms with Gasteiger partial charge in [-0.2, -0.15) is 18.2 Å². The molecule has 4 nitrogen and oxygen atoms in total. The zero-order chi connectivity index (χ0) is 13.9. The number of para-hydroxylation sites is 2. The number of hydrogen-bond acceptors (Lipinski definition) is 4. The number of rotatable bonds is 3. The van der Waals surface area contributed by atoms with Gasteiger partial charge in [-0.3, -0.25) is 0 Å². The van der Waals surface area contributed by atoms with Gasteiger partial charge in [0, 0.05) is 12.3 Å². The van der Waals surface area contributed by atoms with E-state index >= 15 is 0 Å². The summed E-state index contributed by atoms with van der Waals surface area (Å²) in [5.41, 5.74) is 0. The third kappa shape index (κ3) is 3.12. The quantitative estimate of drug-likeness (QED) is 0.858. The van der Waals surface area contributed by atoms with Gasteiger partial charge in [0.25, 0.3) is 0 Å². The van der Waals surface area contributed by atoms with Crippen LogP contribution in [0.1, 0.15) is 5.82 Å². The van der Waals surface area contributed by atoms with E-state index in [9.17, 15) is 13.2 Å². The number of hydrogen-bond donors (Lipinski definition) is 0. The maximum atomic E-state index is 12.4. The minimum Gasteiger partial charge on any atom is -0.493 e. The Hall–Kier alpha value is -2.31. The molecule has 100 valence electrons. The van der Waals surface area contributed by atoms with E-state index in [1.54, 1.807) is 24.3 Å². The van der Waals surface area contributed by atoms with Crippen LogP contribution in [0.15, 0.2) is 36.5 Å². The van der Waals surface area contributed by atoms with Gasteiger partial charge < -0.3 is 9.47 Å². The predicted octanol–water partition coefficient (Wildman–Crippen LogP) is 3.30. The fraction of sp³-hybridized carbons (Fsp3) is 0.167. The molecule has 0 atom stereocenters. The first-order valence-corrected chi connectivity index (χ1v) is 5.22. The summed E-state index contributed by atoms with van der Waals surface area (Å²) >= 11 is 0. The molecule has 0 aliphatic rings. The van der Waals surface area contributed by atoms with Crippen molar-refractivity contribution in [2.45, 2.75) is 6.18 Å². The van der Waals surface area contributed by atoms with E-state index in [4.69, 9.17) is 9.47 Å². The Morgan fingerprint density at radius 3 is 2.37 bits per heavy atom. The van der Waals surface area contributed by atoms with Crippen LogP contribution in [-0.4, -0.2) is 17.1 Å². The number of methoxy groups -OCH3 is 1. The number of nitrogens with zero attached hydrogens (tertiary/aromatic N) is 2. The summed E-state index contributed by atoms with van der Waals surface area (Å²) < 4.78 is 47.6. The molecule has 1 aromatic heterocycles. The van der Waals surface area contributed by atoms with Crippen LogP contribution in [0.25, 0.3) is 0 Å². The van der Waals surface area contributed by atoms with Crippen LogP contribution < -0.4 is 9.47 Å². The summed E-state index contributed by atoms with van der Waals surface area (Å²) in [5, 5.41) is 0. The topological polar surface area (TPSA) is 44.2 Å². The third-order valence-corrected chi connectivity index (χ3v) is 2.17. The van der Waals surface area contributed by atoms with Crippen LogP contribution in [0, 0.1) is 0 Å². The number of alkyl halides is 3. The van der Waals surface area contributed by atoms with Crippen LogP contribution in [-0.2, 0) is 6.18 Å². The standard InChI is InChI=1S/C12H9F3N2O2/c1-18-8-4-2-3-5-9(8)19-10-6-7-16-11(17-10)12(13,14)15/h2-7H,1H3. The highest BCUT2D eigenvalue weighted by Crippen LogP contribution is 2.31. The molecule has 0 aliphatic carbocycles. The summed E-state index contributed by atoms with van der Waals surface area (Å²) in [6.07, 6.45) is -3.62. The second-order valence-corrected chi connectivity index (χ2v) is 3.47. The molecule has 2 aromatic rings. The van der Waals surface area contributed by atoms with Crippen LogP contribution in [0.4, 0.5) is 13.2 Å². The van der Waals surface area contributed by atoms with Gasteiger partial charge >= 0.3 is 6.18 Å². The maximum Gasteiger partial charge on any atom is 0.451 e. The van der Waals surface area contributed by atoms with Gasteiger partial charge in [-0.05, 0) is 12.1 Å². The van der Waals surface area contributed by atoms with Crippen LogP contribution in [0.2, 0.25) is 0 Å². The van der Waals surface area contributed by atoms with Crippen molar-refractivity contribution in [2.75, 3.05) is 7.11 Å². The second-order valence-electron chi connectivity index (χ2n) is 3.47. The monoisotopic (exact) mass is 270 g/mol. The molecule has 19 heavy (non-hydrogen) atoms. The predicted molar refractivity (Wildman–Crippen MR) is 60.1 cm³/mol. The molecule has 0 saturated heterocycles. The van der Waals surface area contributed by atoms with Crippen molar-refractivity contribution in [2.24, 2.45) is 0 Å². The first-order chi connectivity index (χ1) is 9.00. The fourth-order valence-electron chi connectivity index (χ4n) is 1.35. The molecule has 0 aliphatic heterocycles. The van der Waals surface area contributed by atoms with Gasteiger partial charge in [-0.15, -0.1) is 0 Å². The molecular weight excluding hydrogens is 261 g/mol. The average Bonchev–Trinajstić information content (AvgIpc) is 2.39. The highest BCUT2D eigenvalue weighted by Gasteiger charge is 2.34. The molecule has 0 fully saturated rings. The lowest BCUT2D eigenvalue weighted by Crippen LogP contribution is -2.10. The smallest absolute Gasteiger partial charge is 0.451 e. The molecule has 7 heteroatoms. The fourth-order valence-corrected chi connectivity index (χ4v) is 1.35. The van der Waals surface area contributed by atoms with Crippen LogP contribution >= 0.6 is 0 Å². The van der Waals surface area contributed by atoms with Gasteiger partial charge in [0.2, 0.25) is 11.7 Å². The molecule has 1 heterocycles. The molecule has 0 spiro atoms. The van der Waals surface area contributed by atoms with Gasteiger partial charge in [0.15, 0.2) is 11.5 Å². The molecule has 0 radical (unpaired) electrons. The van der Waals surface area contributed by atoms with E-state index in [1.807, 2.05) is 0 Å². The molecule has 0 saturated carbocycles. The van der Waals surface area contributed by atoms with E-state index < -0.39 is 12.0 Å². The lowest BCUT2D eigenvalue weighted by atomic mass is 10.3. The Morgan fingerprint density at radius 2 is 1.74 bits per heavy atom. The number of halogens is 3. The summed E-state index contributed by atoms with van der Waals surface area (Å²) in [5.74, 6) is -0.779. The zero-order valence-corrected chi connectivity index (χ0v) is 9.81. The first kappa shape index (κ1) is 13.1. The molecular formula is C12H9F3N2O2. The van der Waals surface area contributed by atoms with Crippen molar-refractivity contribution >= 4 is 0 Å². The van der Waals surface area contributed by atoms with Gasteiger partial charge in [-0.25, -0.2) is 4.98 Å². The number of aromatic nitrogens is 2. The van der Waals surface area contributed by atoms with Crippen molar-refractivity contribution in [3.63, 3.8) is 0 Å². The lowest BCUT2D eigenvalue weighted by Gasteiger charge is -2.10. The minimum atomic E-state index is -4.61. The summed E-state index contributed by atoms with van der Waals surface area (Å²) in [6.45, 7) is 0. The van der Waals surface area contributed by atoms with E-state index in [2.05, 4.69) is 9.97 Å². The normalized spacial score (nSPS) is 11.2. The number of benzene rings is 1. The second kappa shape index (κ2) is 5.13. The summed E-state index contributed by atoms with van der Waals surface area (Å²) in [6, 6.07) is 7.81. The van der Waals surface area contributed by atoms with Gasteiger partial charge in [-0.1, -0.05) is 12.1 Å². The van der Waals surface area contributed by atoms with Crippen molar-refractivity contribution < 1.29 is 22.6 Å². The average molecular weight is 270 g/mol. The Balaban J connectivity index is 2.29. The molecule has 0 unspecified atom stereocenters. The molecule has 1 aromatic carbocycles. The van der Waals surface area contributed by atoms with E-state index in [-0.39, 0.29) is 11.6 Å². The van der Waals surface area contributed by atoms with Gasteiger partial charge in [0.1, 0.15) is 0 Å². The van der Waals surface area contributed by atoms with Crippen molar-refractivity contribution in [3.05, 3.63) is 42.4 Å². The van der Waals surface area contributed by atoms with Crippen molar-refractivity contribution in [1.29, 1.82) is 0 Å². The highest BCUT2D eigenvalue weighted by molar-refractivity contribution is 5.41. The van der Waals surface area contributed by atoms with E-state index in [0.29, 0.717) is 5.75 Å². The van der Waals surface area contributed by atoms with Gasteiger partial charge in [0.05, 0.1) is 7.11 Å². The lowest BCUT2D eigenvalue weighted by molar-refractivity contribution is -0.145. The Morgan fingerprint density at radius 1 is 1.05 bits per heavy atom. The van der Waals surface area contributed by atoms with Crippen molar-refractivity contribution in [3.8, 4) is 17.4 Å². The van der Waals surface area contributed by atoms with E-state index in [1.165, 1.54) is 13.2 Å². The van der Waals surface area contributed by atoms with Crippen molar-refractivity contribution in [1.82, 2.24) is 9.97 Å². The number of ether oxygens (including phenoxy) is 2. The van der Waals surface area contributed by atoms with Crippen LogP contribution in [0.5, 0.6) is 17.4 Å². The Labute approximate surface area is 106 Å². The van der Waals surface area contributed by atoms with Crippen LogP contribution in [0.3, 0.4) is 0 Å². The molecule has 0 bridgehead atoms. The minimum absolute atomic E-state index is 0.202. The highest BCUT2D eigenvalue weighted by atomic mass is 19.4.